The van der Waals surface area contributed by atoms with E-state index in [0.717, 1.165) is 85.5 Å². The Bertz CT molecular complexity index is 3220. The lowest BCUT2D eigenvalue weighted by atomic mass is 9.99. The van der Waals surface area contributed by atoms with Gasteiger partial charge >= 0.3 is 0 Å². The van der Waals surface area contributed by atoms with Gasteiger partial charge in [0.1, 0.15) is 11.2 Å². The Labute approximate surface area is 368 Å². The van der Waals surface area contributed by atoms with Gasteiger partial charge in [-0.05, 0) is 148 Å². The molecule has 0 fully saturated rings. The van der Waals surface area contributed by atoms with Crippen molar-refractivity contribution in [2.75, 3.05) is 9.80 Å². The molecule has 3 heteroatoms. The Balaban J connectivity index is 0.881. The molecule has 1 aliphatic rings. The lowest BCUT2D eigenvalue weighted by molar-refractivity contribution is 0.669. The Kier molecular flexibility index (Phi) is 10.0. The molecule has 0 radical (unpaired) electrons. The first kappa shape index (κ1) is 37.8. The van der Waals surface area contributed by atoms with Crippen molar-refractivity contribution in [2.45, 2.75) is 12.8 Å². The van der Waals surface area contributed by atoms with Gasteiger partial charge in [0.05, 0.1) is 0 Å². The molecule has 9 aromatic carbocycles. The van der Waals surface area contributed by atoms with Crippen molar-refractivity contribution in [1.82, 2.24) is 0 Å². The number of benzene rings is 9. The molecule has 0 bridgehead atoms. The molecule has 1 heterocycles. The van der Waals surface area contributed by atoms with Gasteiger partial charge in [-0.15, -0.1) is 0 Å². The fraction of sp³-hybridized carbons (Fsp3) is 0.0333. The van der Waals surface area contributed by atoms with Gasteiger partial charge in [-0.25, -0.2) is 0 Å². The minimum atomic E-state index is 0.884. The fourth-order valence-electron chi connectivity index (χ4n) is 8.85. The van der Waals surface area contributed by atoms with Crippen LogP contribution in [0.25, 0.3) is 66.4 Å². The quantitative estimate of drug-likeness (QED) is 0.137. The Hall–Kier alpha value is -8.14. The van der Waals surface area contributed by atoms with Gasteiger partial charge in [0.25, 0.3) is 0 Å². The predicted octanol–water partition coefficient (Wildman–Crippen LogP) is 17.1. The van der Waals surface area contributed by atoms with E-state index in [1.165, 1.54) is 28.0 Å². The largest absolute Gasteiger partial charge is 0.456 e. The number of allylic oxidation sites excluding steroid dienone is 3. The molecule has 0 atom stereocenters. The van der Waals surface area contributed by atoms with Gasteiger partial charge in [0, 0.05) is 44.9 Å². The molecule has 0 spiro atoms. The molecular formula is C60H44N2O. The van der Waals surface area contributed by atoms with Crippen LogP contribution in [-0.2, 0) is 0 Å². The van der Waals surface area contributed by atoms with E-state index in [9.17, 15) is 0 Å². The number of hydrogen-bond donors (Lipinski definition) is 0. The van der Waals surface area contributed by atoms with E-state index < -0.39 is 0 Å². The van der Waals surface area contributed by atoms with E-state index in [0.29, 0.717) is 0 Å². The van der Waals surface area contributed by atoms with Crippen molar-refractivity contribution in [3.05, 3.63) is 248 Å². The molecule has 0 N–H and O–H groups in total. The highest BCUT2D eigenvalue weighted by Crippen LogP contribution is 2.40. The zero-order valence-corrected chi connectivity index (χ0v) is 34.8. The average molecular weight is 809 g/mol. The minimum absolute atomic E-state index is 0.884. The second-order valence-corrected chi connectivity index (χ2v) is 16.1. The topological polar surface area (TPSA) is 19.6 Å². The molecule has 0 unspecified atom stereocenters. The minimum Gasteiger partial charge on any atom is -0.456 e. The Morgan fingerprint density at radius 1 is 0.302 bits per heavy atom. The maximum Gasteiger partial charge on any atom is 0.135 e. The molecule has 300 valence electrons. The summed E-state index contributed by atoms with van der Waals surface area (Å²) in [5.74, 6) is 0. The second kappa shape index (κ2) is 16.7. The summed E-state index contributed by atoms with van der Waals surface area (Å²) in [4.78, 5) is 4.67. The highest BCUT2D eigenvalue weighted by molar-refractivity contribution is 6.07. The fourth-order valence-corrected chi connectivity index (χ4v) is 8.85. The summed E-state index contributed by atoms with van der Waals surface area (Å²) < 4.78 is 6.40. The number of fused-ring (bicyclic) bond motifs is 3. The summed E-state index contributed by atoms with van der Waals surface area (Å²) in [6.07, 6.45) is 8.96. The molecule has 11 rings (SSSR count). The van der Waals surface area contributed by atoms with Crippen LogP contribution in [0.4, 0.5) is 28.4 Å². The lowest BCUT2D eigenvalue weighted by Gasteiger charge is -2.28. The van der Waals surface area contributed by atoms with Crippen molar-refractivity contribution in [1.29, 1.82) is 0 Å². The summed E-state index contributed by atoms with van der Waals surface area (Å²) in [5.41, 5.74) is 18.0. The van der Waals surface area contributed by atoms with Gasteiger partial charge in [0.2, 0.25) is 0 Å². The third-order valence-electron chi connectivity index (χ3n) is 12.1. The standard InChI is InChI=1S/C60H44N2O/c1-5-13-43(14-6-1)45-21-31-53(32-22-45)61(51-17-9-3-10-18-51)55-35-25-47(26-36-55)49-29-39-59-57(41-49)58-42-50(30-40-60(58)63-59)48-27-37-56(38-28-48)62(52-19-11-4-12-20-52)54-33-23-46(24-34-54)44-15-7-2-8-16-44/h1-3,5-11,13-42H,4,12H2. The number of anilines is 5. The van der Waals surface area contributed by atoms with Crippen LogP contribution in [0.2, 0.25) is 0 Å². The van der Waals surface area contributed by atoms with E-state index in [4.69, 9.17) is 4.42 Å². The van der Waals surface area contributed by atoms with Gasteiger partial charge in [-0.3, -0.25) is 0 Å². The van der Waals surface area contributed by atoms with Gasteiger partial charge in [0.15, 0.2) is 0 Å². The van der Waals surface area contributed by atoms with Crippen LogP contribution in [0.15, 0.2) is 253 Å². The predicted molar refractivity (Wildman–Crippen MR) is 265 cm³/mol. The van der Waals surface area contributed by atoms with E-state index in [1.807, 2.05) is 0 Å². The summed E-state index contributed by atoms with van der Waals surface area (Å²) in [6, 6.07) is 80.3. The van der Waals surface area contributed by atoms with Crippen LogP contribution < -0.4 is 9.80 Å². The summed E-state index contributed by atoms with van der Waals surface area (Å²) in [6.45, 7) is 0. The van der Waals surface area contributed by atoms with Gasteiger partial charge in [-0.1, -0.05) is 152 Å². The van der Waals surface area contributed by atoms with E-state index in [2.05, 4.69) is 252 Å². The van der Waals surface area contributed by atoms with Crippen molar-refractivity contribution in [3.8, 4) is 44.5 Å². The first-order chi connectivity index (χ1) is 31.2. The Morgan fingerprint density at radius 3 is 1.06 bits per heavy atom. The molecule has 10 aromatic rings. The number of rotatable bonds is 10. The van der Waals surface area contributed by atoms with Crippen LogP contribution in [0.5, 0.6) is 0 Å². The summed E-state index contributed by atoms with van der Waals surface area (Å²) in [7, 11) is 0. The van der Waals surface area contributed by atoms with E-state index in [1.54, 1.807) is 0 Å². The van der Waals surface area contributed by atoms with Crippen LogP contribution in [0.3, 0.4) is 0 Å². The molecular weight excluding hydrogens is 765 g/mol. The second-order valence-electron chi connectivity index (χ2n) is 16.1. The van der Waals surface area contributed by atoms with Crippen molar-refractivity contribution >= 4 is 50.4 Å². The summed E-state index contributed by atoms with van der Waals surface area (Å²) in [5, 5.41) is 2.22. The molecule has 3 nitrogen and oxygen atoms in total. The van der Waals surface area contributed by atoms with Gasteiger partial charge in [-0.2, -0.15) is 0 Å². The Morgan fingerprint density at radius 2 is 0.651 bits per heavy atom. The number of furan rings is 1. The first-order valence-corrected chi connectivity index (χ1v) is 21.7. The number of para-hydroxylation sites is 1. The highest BCUT2D eigenvalue weighted by Gasteiger charge is 2.17. The lowest BCUT2D eigenvalue weighted by Crippen LogP contribution is -2.16. The number of nitrogens with zero attached hydrogens (tertiary/aromatic N) is 2. The molecule has 1 aromatic heterocycles. The molecule has 0 saturated heterocycles. The zero-order chi connectivity index (χ0) is 42.0. The maximum atomic E-state index is 6.40. The molecule has 1 aliphatic carbocycles. The molecule has 0 aliphatic heterocycles. The van der Waals surface area contributed by atoms with E-state index >= 15 is 0 Å². The van der Waals surface area contributed by atoms with Crippen LogP contribution in [-0.4, -0.2) is 0 Å². The number of hydrogen-bond acceptors (Lipinski definition) is 3. The van der Waals surface area contributed by atoms with Crippen LogP contribution >= 0.6 is 0 Å². The smallest absolute Gasteiger partial charge is 0.135 e. The first-order valence-electron chi connectivity index (χ1n) is 21.7. The SMILES string of the molecule is C1=CC(N(c2ccc(-c3ccccc3)cc2)c2ccc(-c3ccc4oc5ccc(-c6ccc(N(c7ccccc7)c7ccc(-c8ccccc8)cc7)cc6)cc5c4c3)cc2)=CCC1. The third kappa shape index (κ3) is 7.62. The third-order valence-corrected chi connectivity index (χ3v) is 12.1. The van der Waals surface area contributed by atoms with Crippen molar-refractivity contribution in [3.63, 3.8) is 0 Å². The summed E-state index contributed by atoms with van der Waals surface area (Å²) >= 11 is 0. The monoisotopic (exact) mass is 808 g/mol. The van der Waals surface area contributed by atoms with Gasteiger partial charge < -0.3 is 14.2 Å². The molecule has 63 heavy (non-hydrogen) atoms. The molecule has 0 saturated carbocycles. The highest BCUT2D eigenvalue weighted by atomic mass is 16.3. The maximum absolute atomic E-state index is 6.40. The molecule has 0 amide bonds. The zero-order valence-electron chi connectivity index (χ0n) is 34.8. The van der Waals surface area contributed by atoms with Crippen molar-refractivity contribution < 1.29 is 4.42 Å². The van der Waals surface area contributed by atoms with Crippen LogP contribution in [0, 0.1) is 0 Å². The average Bonchev–Trinajstić information content (AvgIpc) is 3.74. The van der Waals surface area contributed by atoms with Crippen molar-refractivity contribution in [2.24, 2.45) is 0 Å². The normalized spacial score (nSPS) is 12.3. The van der Waals surface area contributed by atoms with E-state index in [-0.39, 0.29) is 0 Å². The van der Waals surface area contributed by atoms with Crippen LogP contribution in [0.1, 0.15) is 12.8 Å².